The molecule has 22 heavy (non-hydrogen) atoms. The van der Waals surface area contributed by atoms with Crippen LogP contribution in [0.25, 0.3) is 0 Å². The monoisotopic (exact) mass is 307 g/mol. The van der Waals surface area contributed by atoms with Crippen molar-refractivity contribution in [3.8, 4) is 0 Å². The molecule has 2 aliphatic heterocycles. The molecule has 3 rings (SSSR count). The first-order valence-corrected chi connectivity index (χ1v) is 8.50. The summed E-state index contributed by atoms with van der Waals surface area (Å²) in [5, 5.41) is 2.87. The molecule has 1 N–H and O–H groups in total. The van der Waals surface area contributed by atoms with Gasteiger partial charge in [-0.1, -0.05) is 19.3 Å². The SMILES string of the molecule is C[C@H](C(=O)N1CCCCC1)N1C(=O)NC2(CCCCC2)C1=O. The Morgan fingerprint density at radius 1 is 1.05 bits per heavy atom. The number of hydrogen-bond donors (Lipinski definition) is 1. The number of carbonyl (C=O) groups excluding carboxylic acids is 3. The standard InChI is InChI=1S/C16H25N3O3/c1-12(13(20)18-10-6-3-7-11-18)19-14(21)16(17-15(19)22)8-4-2-5-9-16/h12H,2-11H2,1H3,(H,17,22)/t12-/m1/s1. The smallest absolute Gasteiger partial charge is 0.325 e. The first kappa shape index (κ1) is 15.3. The Balaban J connectivity index is 1.74. The predicted molar refractivity (Wildman–Crippen MR) is 81.1 cm³/mol. The second kappa shape index (κ2) is 5.89. The summed E-state index contributed by atoms with van der Waals surface area (Å²) < 4.78 is 0. The highest BCUT2D eigenvalue weighted by Crippen LogP contribution is 2.34. The molecule has 4 amide bonds. The van der Waals surface area contributed by atoms with E-state index in [0.29, 0.717) is 12.8 Å². The van der Waals surface area contributed by atoms with Crippen molar-refractivity contribution in [2.45, 2.75) is 69.9 Å². The summed E-state index contributed by atoms with van der Waals surface area (Å²) in [5.74, 6) is -0.300. The second-order valence-electron chi connectivity index (χ2n) is 6.81. The summed E-state index contributed by atoms with van der Waals surface area (Å²) in [4.78, 5) is 40.7. The fourth-order valence-electron chi connectivity index (χ4n) is 3.98. The van der Waals surface area contributed by atoms with Gasteiger partial charge in [-0.2, -0.15) is 0 Å². The molecule has 1 spiro atoms. The Morgan fingerprint density at radius 2 is 1.64 bits per heavy atom. The molecule has 1 saturated carbocycles. The molecule has 3 fully saturated rings. The Bertz CT molecular complexity index is 479. The number of hydrogen-bond acceptors (Lipinski definition) is 3. The maximum atomic E-state index is 12.8. The lowest BCUT2D eigenvalue weighted by Crippen LogP contribution is -2.52. The summed E-state index contributed by atoms with van der Waals surface area (Å²) in [6.45, 7) is 3.15. The molecule has 1 atom stereocenters. The molecule has 0 radical (unpaired) electrons. The number of piperidine rings is 1. The van der Waals surface area contributed by atoms with Crippen LogP contribution in [0.2, 0.25) is 0 Å². The number of amides is 4. The fraction of sp³-hybridized carbons (Fsp3) is 0.812. The largest absolute Gasteiger partial charge is 0.341 e. The van der Waals surface area contributed by atoms with Gasteiger partial charge in [0, 0.05) is 13.1 Å². The van der Waals surface area contributed by atoms with Crippen molar-refractivity contribution < 1.29 is 14.4 Å². The Labute approximate surface area is 131 Å². The minimum Gasteiger partial charge on any atom is -0.341 e. The molecule has 0 aromatic rings. The van der Waals surface area contributed by atoms with E-state index in [1.807, 2.05) is 0 Å². The molecule has 122 valence electrons. The predicted octanol–water partition coefficient (Wildman–Crippen LogP) is 1.64. The van der Waals surface area contributed by atoms with Gasteiger partial charge in [0.2, 0.25) is 5.91 Å². The number of urea groups is 1. The van der Waals surface area contributed by atoms with Gasteiger partial charge in [0.05, 0.1) is 0 Å². The van der Waals surface area contributed by atoms with Crippen LogP contribution in [0.3, 0.4) is 0 Å². The van der Waals surface area contributed by atoms with Crippen LogP contribution in [0.5, 0.6) is 0 Å². The second-order valence-corrected chi connectivity index (χ2v) is 6.81. The van der Waals surface area contributed by atoms with E-state index in [2.05, 4.69) is 5.32 Å². The number of carbonyl (C=O) groups is 3. The van der Waals surface area contributed by atoms with Crippen molar-refractivity contribution in [1.29, 1.82) is 0 Å². The van der Waals surface area contributed by atoms with E-state index in [4.69, 9.17) is 0 Å². The third kappa shape index (κ3) is 2.48. The van der Waals surface area contributed by atoms with Crippen LogP contribution in [0, 0.1) is 0 Å². The van der Waals surface area contributed by atoms with E-state index in [9.17, 15) is 14.4 Å². The quantitative estimate of drug-likeness (QED) is 0.789. The fourth-order valence-corrected chi connectivity index (χ4v) is 3.98. The van der Waals surface area contributed by atoms with Gasteiger partial charge in [0.1, 0.15) is 11.6 Å². The van der Waals surface area contributed by atoms with E-state index in [0.717, 1.165) is 51.6 Å². The molecule has 0 unspecified atom stereocenters. The number of likely N-dealkylation sites (tertiary alicyclic amines) is 1. The first-order valence-electron chi connectivity index (χ1n) is 8.50. The van der Waals surface area contributed by atoms with Crippen molar-refractivity contribution in [2.24, 2.45) is 0 Å². The van der Waals surface area contributed by atoms with Gasteiger partial charge in [-0.15, -0.1) is 0 Å². The number of nitrogens with one attached hydrogen (secondary N) is 1. The molecule has 2 heterocycles. The molecule has 6 nitrogen and oxygen atoms in total. The molecule has 1 aliphatic carbocycles. The average Bonchev–Trinajstić information content (AvgIpc) is 2.78. The van der Waals surface area contributed by atoms with Gasteiger partial charge in [0.15, 0.2) is 0 Å². The Hall–Kier alpha value is -1.59. The highest BCUT2D eigenvalue weighted by molar-refractivity contribution is 6.09. The minimum absolute atomic E-state index is 0.101. The average molecular weight is 307 g/mol. The molecule has 0 aromatic heterocycles. The maximum Gasteiger partial charge on any atom is 0.325 e. The van der Waals surface area contributed by atoms with Crippen molar-refractivity contribution in [3.05, 3.63) is 0 Å². The van der Waals surface area contributed by atoms with Crippen LogP contribution >= 0.6 is 0 Å². The van der Waals surface area contributed by atoms with Gasteiger partial charge in [-0.05, 0) is 39.0 Å². The Kier molecular flexibility index (Phi) is 4.10. The van der Waals surface area contributed by atoms with Crippen LogP contribution in [0.4, 0.5) is 4.79 Å². The summed E-state index contributed by atoms with van der Waals surface area (Å²) in [6, 6.07) is -1.10. The lowest BCUT2D eigenvalue weighted by Gasteiger charge is -2.33. The highest BCUT2D eigenvalue weighted by Gasteiger charge is 2.53. The van der Waals surface area contributed by atoms with Crippen molar-refractivity contribution in [3.63, 3.8) is 0 Å². The normalized spacial score (nSPS) is 26.2. The first-order chi connectivity index (χ1) is 10.6. The van der Waals surface area contributed by atoms with E-state index in [1.54, 1.807) is 11.8 Å². The summed E-state index contributed by atoms with van der Waals surface area (Å²) >= 11 is 0. The zero-order chi connectivity index (χ0) is 15.7. The molecule has 2 saturated heterocycles. The van der Waals surface area contributed by atoms with Crippen molar-refractivity contribution in [1.82, 2.24) is 15.1 Å². The van der Waals surface area contributed by atoms with Crippen LogP contribution in [0.15, 0.2) is 0 Å². The minimum atomic E-state index is -0.744. The van der Waals surface area contributed by atoms with Gasteiger partial charge in [-0.3, -0.25) is 9.59 Å². The molecular formula is C16H25N3O3. The maximum absolute atomic E-state index is 12.8. The van der Waals surface area contributed by atoms with Crippen molar-refractivity contribution in [2.75, 3.05) is 13.1 Å². The third-order valence-corrected chi connectivity index (χ3v) is 5.31. The van der Waals surface area contributed by atoms with E-state index >= 15 is 0 Å². The van der Waals surface area contributed by atoms with Crippen molar-refractivity contribution >= 4 is 17.8 Å². The zero-order valence-corrected chi connectivity index (χ0v) is 13.3. The molecule has 0 bridgehead atoms. The van der Waals surface area contributed by atoms with Gasteiger partial charge < -0.3 is 10.2 Å². The van der Waals surface area contributed by atoms with Gasteiger partial charge >= 0.3 is 6.03 Å². The summed E-state index contributed by atoms with van der Waals surface area (Å²) in [7, 11) is 0. The number of nitrogens with zero attached hydrogens (tertiary/aromatic N) is 2. The molecule has 3 aliphatic rings. The topological polar surface area (TPSA) is 69.7 Å². The summed E-state index contributed by atoms with van der Waals surface area (Å²) in [6.07, 6.45) is 7.54. The lowest BCUT2D eigenvalue weighted by molar-refractivity contribution is -0.143. The van der Waals surface area contributed by atoms with E-state index in [1.165, 1.54) is 4.90 Å². The highest BCUT2D eigenvalue weighted by atomic mass is 16.2. The van der Waals surface area contributed by atoms with E-state index < -0.39 is 17.6 Å². The van der Waals surface area contributed by atoms with E-state index in [-0.39, 0.29) is 11.8 Å². The van der Waals surface area contributed by atoms with Crippen LogP contribution in [-0.2, 0) is 9.59 Å². The van der Waals surface area contributed by atoms with Gasteiger partial charge in [-0.25, -0.2) is 9.69 Å². The molecule has 6 heteroatoms. The Morgan fingerprint density at radius 3 is 2.27 bits per heavy atom. The number of rotatable bonds is 2. The third-order valence-electron chi connectivity index (χ3n) is 5.31. The van der Waals surface area contributed by atoms with Crippen LogP contribution in [-0.4, -0.2) is 52.3 Å². The zero-order valence-electron chi connectivity index (χ0n) is 13.3. The van der Waals surface area contributed by atoms with Crippen LogP contribution in [0.1, 0.15) is 58.3 Å². The van der Waals surface area contributed by atoms with Gasteiger partial charge in [0.25, 0.3) is 5.91 Å². The molecule has 0 aromatic carbocycles. The number of imide groups is 1. The molecular weight excluding hydrogens is 282 g/mol. The lowest BCUT2D eigenvalue weighted by atomic mass is 9.81. The van der Waals surface area contributed by atoms with Crippen LogP contribution < -0.4 is 5.32 Å². The summed E-state index contributed by atoms with van der Waals surface area (Å²) in [5.41, 5.74) is -0.744.